The third kappa shape index (κ3) is 3.09. The average molecular weight is 212 g/mol. The molecule has 0 aromatic carbocycles. The van der Waals surface area contributed by atoms with E-state index in [2.05, 4.69) is 10.6 Å². The minimum atomic E-state index is -0.147. The molecular weight excluding hydrogens is 192 g/mol. The van der Waals surface area contributed by atoms with Gasteiger partial charge in [-0.25, -0.2) is 4.79 Å². The smallest absolute Gasteiger partial charge is 0.315 e. The van der Waals surface area contributed by atoms with Crippen LogP contribution < -0.4 is 10.6 Å². The van der Waals surface area contributed by atoms with Gasteiger partial charge in [0.1, 0.15) is 0 Å². The molecule has 0 spiro atoms. The number of amides is 2. The molecule has 0 saturated heterocycles. The zero-order chi connectivity index (χ0) is 10.7. The highest BCUT2D eigenvalue weighted by atomic mass is 16.3. The Kier molecular flexibility index (Phi) is 3.46. The van der Waals surface area contributed by atoms with Crippen LogP contribution in [0.15, 0.2) is 0 Å². The highest BCUT2D eigenvalue weighted by Crippen LogP contribution is 2.24. The number of carbonyl (C=O) groups is 1. The molecule has 4 heteroatoms. The van der Waals surface area contributed by atoms with Gasteiger partial charge in [-0.1, -0.05) is 0 Å². The van der Waals surface area contributed by atoms with Crippen molar-refractivity contribution < 1.29 is 9.90 Å². The topological polar surface area (TPSA) is 61.4 Å². The van der Waals surface area contributed by atoms with Crippen molar-refractivity contribution >= 4 is 6.03 Å². The molecule has 3 N–H and O–H groups in total. The van der Waals surface area contributed by atoms with Crippen LogP contribution in [0, 0.1) is 5.92 Å². The van der Waals surface area contributed by atoms with E-state index in [1.165, 1.54) is 6.42 Å². The summed E-state index contributed by atoms with van der Waals surface area (Å²) in [6.07, 6.45) is 6.09. The third-order valence-corrected chi connectivity index (χ3v) is 3.51. The van der Waals surface area contributed by atoms with Gasteiger partial charge in [0.2, 0.25) is 0 Å². The van der Waals surface area contributed by atoms with E-state index in [0.717, 1.165) is 32.1 Å². The largest absolute Gasteiger partial charge is 0.393 e. The Morgan fingerprint density at radius 3 is 2.60 bits per heavy atom. The molecule has 0 aromatic heterocycles. The second-order valence-corrected chi connectivity index (χ2v) is 4.82. The zero-order valence-corrected chi connectivity index (χ0v) is 9.04. The Balaban J connectivity index is 1.58. The monoisotopic (exact) mass is 212 g/mol. The van der Waals surface area contributed by atoms with Crippen LogP contribution in [-0.2, 0) is 0 Å². The molecule has 2 aliphatic rings. The fourth-order valence-corrected chi connectivity index (χ4v) is 2.26. The predicted octanol–water partition coefficient (Wildman–Crippen LogP) is 0.999. The number of urea groups is 1. The molecule has 0 aliphatic heterocycles. The van der Waals surface area contributed by atoms with Gasteiger partial charge in [-0.05, 0) is 44.4 Å². The summed E-state index contributed by atoms with van der Waals surface area (Å²) in [6, 6.07) is 0.361. The van der Waals surface area contributed by atoms with Crippen LogP contribution in [0.5, 0.6) is 0 Å². The molecule has 86 valence electrons. The van der Waals surface area contributed by atoms with Gasteiger partial charge >= 0.3 is 6.03 Å². The second kappa shape index (κ2) is 4.84. The first-order valence-corrected chi connectivity index (χ1v) is 5.96. The van der Waals surface area contributed by atoms with Crippen LogP contribution in [-0.4, -0.2) is 29.8 Å². The molecule has 2 unspecified atom stereocenters. The fraction of sp³-hybridized carbons (Fsp3) is 0.909. The summed E-state index contributed by atoms with van der Waals surface area (Å²) >= 11 is 0. The van der Waals surface area contributed by atoms with Gasteiger partial charge < -0.3 is 15.7 Å². The molecule has 2 rings (SSSR count). The Labute approximate surface area is 90.4 Å². The number of hydrogen-bond donors (Lipinski definition) is 3. The Bertz CT molecular complexity index is 229. The van der Waals surface area contributed by atoms with Gasteiger partial charge in [0.15, 0.2) is 0 Å². The minimum Gasteiger partial charge on any atom is -0.393 e. The Morgan fingerprint density at radius 2 is 2.07 bits per heavy atom. The van der Waals surface area contributed by atoms with E-state index in [4.69, 9.17) is 0 Å². The first-order valence-electron chi connectivity index (χ1n) is 5.96. The van der Waals surface area contributed by atoms with Crippen LogP contribution in [0.25, 0.3) is 0 Å². The van der Waals surface area contributed by atoms with Crippen molar-refractivity contribution in [3.63, 3.8) is 0 Å². The lowest BCUT2D eigenvalue weighted by Gasteiger charge is -2.26. The predicted molar refractivity (Wildman–Crippen MR) is 57.5 cm³/mol. The highest BCUT2D eigenvalue weighted by Gasteiger charge is 2.24. The minimum absolute atomic E-state index is 0.0407. The summed E-state index contributed by atoms with van der Waals surface area (Å²) in [6.45, 7) is 0.704. The maximum atomic E-state index is 11.4. The Morgan fingerprint density at radius 1 is 1.27 bits per heavy atom. The molecule has 2 amide bonds. The molecule has 2 saturated carbocycles. The summed E-state index contributed by atoms with van der Waals surface area (Å²) < 4.78 is 0. The van der Waals surface area contributed by atoms with Crippen molar-refractivity contribution in [2.45, 2.75) is 50.7 Å². The molecule has 2 fully saturated rings. The highest BCUT2D eigenvalue weighted by molar-refractivity contribution is 5.74. The second-order valence-electron chi connectivity index (χ2n) is 4.82. The van der Waals surface area contributed by atoms with E-state index in [-0.39, 0.29) is 12.1 Å². The van der Waals surface area contributed by atoms with Crippen LogP contribution in [0.3, 0.4) is 0 Å². The van der Waals surface area contributed by atoms with Crippen molar-refractivity contribution in [3.8, 4) is 0 Å². The van der Waals surface area contributed by atoms with E-state index in [0.29, 0.717) is 18.5 Å². The number of carbonyl (C=O) groups excluding carboxylic acids is 1. The number of nitrogens with one attached hydrogen (secondary N) is 2. The maximum absolute atomic E-state index is 11.4. The fourth-order valence-electron chi connectivity index (χ4n) is 2.26. The number of hydrogen-bond acceptors (Lipinski definition) is 2. The van der Waals surface area contributed by atoms with Gasteiger partial charge in [0.05, 0.1) is 6.10 Å². The van der Waals surface area contributed by atoms with E-state index < -0.39 is 0 Å². The number of rotatable bonds is 3. The van der Waals surface area contributed by atoms with E-state index in [1.54, 1.807) is 0 Å². The van der Waals surface area contributed by atoms with Gasteiger partial charge in [-0.3, -0.25) is 0 Å². The number of aliphatic hydroxyl groups is 1. The zero-order valence-electron chi connectivity index (χ0n) is 9.04. The van der Waals surface area contributed by atoms with E-state index in [9.17, 15) is 9.90 Å². The summed E-state index contributed by atoms with van der Waals surface area (Å²) in [7, 11) is 0. The van der Waals surface area contributed by atoms with Crippen molar-refractivity contribution in [1.29, 1.82) is 0 Å². The SMILES string of the molecule is O=C(NCC1CCC(O)C1)NC1CCC1. The van der Waals surface area contributed by atoms with Crippen molar-refractivity contribution in [3.05, 3.63) is 0 Å². The van der Waals surface area contributed by atoms with Gasteiger partial charge in [0.25, 0.3) is 0 Å². The van der Waals surface area contributed by atoms with E-state index >= 15 is 0 Å². The quantitative estimate of drug-likeness (QED) is 0.653. The van der Waals surface area contributed by atoms with Crippen molar-refractivity contribution in [2.75, 3.05) is 6.54 Å². The molecule has 4 nitrogen and oxygen atoms in total. The normalized spacial score (nSPS) is 31.0. The lowest BCUT2D eigenvalue weighted by atomic mass is 9.93. The third-order valence-electron chi connectivity index (χ3n) is 3.51. The van der Waals surface area contributed by atoms with Crippen LogP contribution >= 0.6 is 0 Å². The lowest BCUT2D eigenvalue weighted by molar-refractivity contribution is 0.177. The molecule has 15 heavy (non-hydrogen) atoms. The Hall–Kier alpha value is -0.770. The average Bonchev–Trinajstić information content (AvgIpc) is 2.55. The summed E-state index contributed by atoms with van der Waals surface area (Å²) in [5, 5.41) is 15.2. The van der Waals surface area contributed by atoms with Gasteiger partial charge in [-0.2, -0.15) is 0 Å². The van der Waals surface area contributed by atoms with E-state index in [1.807, 2.05) is 0 Å². The molecule has 0 radical (unpaired) electrons. The summed E-state index contributed by atoms with van der Waals surface area (Å²) in [5.74, 6) is 0.465. The van der Waals surface area contributed by atoms with Gasteiger partial charge in [0, 0.05) is 12.6 Å². The molecule has 0 heterocycles. The maximum Gasteiger partial charge on any atom is 0.315 e. The summed E-state index contributed by atoms with van der Waals surface area (Å²) in [4.78, 5) is 11.4. The van der Waals surface area contributed by atoms with Crippen molar-refractivity contribution in [1.82, 2.24) is 10.6 Å². The first kappa shape index (κ1) is 10.7. The van der Waals surface area contributed by atoms with Crippen LogP contribution in [0.2, 0.25) is 0 Å². The van der Waals surface area contributed by atoms with Crippen molar-refractivity contribution in [2.24, 2.45) is 5.92 Å². The molecule has 0 bridgehead atoms. The molecule has 2 aliphatic carbocycles. The summed E-state index contributed by atoms with van der Waals surface area (Å²) in [5.41, 5.74) is 0. The van der Waals surface area contributed by atoms with Gasteiger partial charge in [-0.15, -0.1) is 0 Å². The van der Waals surface area contributed by atoms with Crippen LogP contribution in [0.1, 0.15) is 38.5 Å². The molecular formula is C11H20N2O2. The van der Waals surface area contributed by atoms with Crippen LogP contribution in [0.4, 0.5) is 4.79 Å². The standard InChI is InChI=1S/C11H20N2O2/c14-10-5-4-8(6-10)7-12-11(15)13-9-2-1-3-9/h8-10,14H,1-7H2,(H2,12,13,15). The lowest BCUT2D eigenvalue weighted by Crippen LogP contribution is -2.46. The number of aliphatic hydroxyl groups excluding tert-OH is 1. The molecule has 2 atom stereocenters. The first-order chi connectivity index (χ1) is 7.24. The molecule has 0 aromatic rings.